The van der Waals surface area contributed by atoms with E-state index in [9.17, 15) is 9.59 Å². The summed E-state index contributed by atoms with van der Waals surface area (Å²) >= 11 is 0. The highest BCUT2D eigenvalue weighted by atomic mass is 19.1. The van der Waals surface area contributed by atoms with Crippen molar-refractivity contribution in [1.29, 1.82) is 0 Å². The van der Waals surface area contributed by atoms with Crippen LogP contribution >= 0.6 is 0 Å². The summed E-state index contributed by atoms with van der Waals surface area (Å²) in [6, 6.07) is 22.7. The first-order valence-electron chi connectivity index (χ1n) is 11.2. The number of nitrogens with two attached hydrogens (primary N) is 1. The summed E-state index contributed by atoms with van der Waals surface area (Å²) in [5, 5.41) is 0. The zero-order chi connectivity index (χ0) is 24.5. The molecule has 0 aliphatic carbocycles. The van der Waals surface area contributed by atoms with Crippen LogP contribution in [0.3, 0.4) is 0 Å². The maximum atomic E-state index is 15.4. The molecule has 2 heterocycles. The van der Waals surface area contributed by atoms with E-state index in [0.29, 0.717) is 0 Å². The first-order valence-corrected chi connectivity index (χ1v) is 11.2. The molecule has 4 aromatic rings. The lowest BCUT2D eigenvalue weighted by Gasteiger charge is -2.20. The predicted molar refractivity (Wildman–Crippen MR) is 130 cm³/mol. The molecule has 1 aromatic heterocycles. The number of hydrogen-bond donors (Lipinski definition) is 1. The maximum absolute atomic E-state index is 15.4. The smallest absolute Gasteiger partial charge is 0.335 e. The molecule has 0 saturated heterocycles. The van der Waals surface area contributed by atoms with Crippen molar-refractivity contribution in [2.45, 2.75) is 18.6 Å². The molecule has 5 rings (SSSR count). The third-order valence-corrected chi connectivity index (χ3v) is 6.22. The summed E-state index contributed by atoms with van der Waals surface area (Å²) in [6.07, 6.45) is -0.730. The average molecular weight is 474 g/mol. The van der Waals surface area contributed by atoms with E-state index < -0.39 is 29.3 Å². The van der Waals surface area contributed by atoms with Gasteiger partial charge in [-0.2, -0.15) is 0 Å². The monoisotopic (exact) mass is 473 g/mol. The van der Waals surface area contributed by atoms with Crippen LogP contribution in [-0.2, 0) is 6.42 Å². The van der Waals surface area contributed by atoms with E-state index in [0.717, 1.165) is 15.7 Å². The van der Waals surface area contributed by atoms with Gasteiger partial charge in [-0.3, -0.25) is 9.36 Å². The first-order chi connectivity index (χ1) is 17.0. The van der Waals surface area contributed by atoms with Crippen molar-refractivity contribution in [3.63, 3.8) is 0 Å². The molecule has 7 nitrogen and oxygen atoms in total. The van der Waals surface area contributed by atoms with E-state index in [1.165, 1.54) is 23.8 Å². The topological polar surface area (TPSA) is 88.5 Å². The second-order valence-electron chi connectivity index (χ2n) is 8.32. The van der Waals surface area contributed by atoms with Gasteiger partial charge in [0.05, 0.1) is 13.3 Å². The van der Waals surface area contributed by atoms with Crippen LogP contribution in [0, 0.1) is 5.82 Å². The lowest BCUT2D eigenvalue weighted by Crippen LogP contribution is -2.46. The Bertz CT molecular complexity index is 1480. The molecule has 0 saturated carbocycles. The minimum atomic E-state index is -0.973. The number of aromatic nitrogens is 2. The number of benzene rings is 3. The average Bonchev–Trinajstić information content (AvgIpc) is 3.31. The fraction of sp³-hybridized carbons (Fsp3) is 0.185. The standard InChI is InChI=1S/C27H24FN3O4/c1-34-21-14-8-13-19(24(21)28)23-25(32)31(22(29)15-17-9-4-2-5-10-17)27(33)30-20(16-35-26(23)30)18-11-6-3-7-12-18/h2-14,20,22H,15-16,29H2,1H3. The van der Waals surface area contributed by atoms with E-state index >= 15 is 4.39 Å². The van der Waals surface area contributed by atoms with Crippen LogP contribution in [0.15, 0.2) is 88.5 Å². The number of ether oxygens (including phenoxy) is 2. The number of rotatable bonds is 6. The van der Waals surface area contributed by atoms with Crippen molar-refractivity contribution >= 4 is 0 Å². The molecule has 2 N–H and O–H groups in total. The minimum absolute atomic E-state index is 0.0177. The van der Waals surface area contributed by atoms with Gasteiger partial charge in [-0.15, -0.1) is 0 Å². The molecule has 1 aliphatic rings. The van der Waals surface area contributed by atoms with E-state index in [2.05, 4.69) is 0 Å². The molecule has 0 bridgehead atoms. The van der Waals surface area contributed by atoms with Crippen LogP contribution in [-0.4, -0.2) is 22.9 Å². The van der Waals surface area contributed by atoms with Crippen LogP contribution in [0.5, 0.6) is 11.6 Å². The molecule has 1 aliphatic heterocycles. The summed E-state index contributed by atoms with van der Waals surface area (Å²) in [7, 11) is 1.35. The maximum Gasteiger partial charge on any atom is 0.335 e. The Kier molecular flexibility index (Phi) is 5.96. The van der Waals surface area contributed by atoms with Gasteiger partial charge in [-0.1, -0.05) is 72.8 Å². The Balaban J connectivity index is 1.77. The number of methoxy groups -OCH3 is 1. The Hall–Kier alpha value is -4.17. The highest BCUT2D eigenvalue weighted by Crippen LogP contribution is 2.38. The van der Waals surface area contributed by atoms with E-state index in [1.807, 2.05) is 60.7 Å². The zero-order valence-corrected chi connectivity index (χ0v) is 19.1. The fourth-order valence-electron chi connectivity index (χ4n) is 4.52. The van der Waals surface area contributed by atoms with E-state index in [1.54, 1.807) is 6.07 Å². The van der Waals surface area contributed by atoms with Gasteiger partial charge >= 0.3 is 5.69 Å². The summed E-state index contributed by atoms with van der Waals surface area (Å²) in [5.41, 5.74) is 6.72. The van der Waals surface area contributed by atoms with Crippen molar-refractivity contribution in [3.05, 3.63) is 117 Å². The molecule has 2 atom stereocenters. The summed E-state index contributed by atoms with van der Waals surface area (Å²) < 4.78 is 28.8. The first kappa shape index (κ1) is 22.6. The molecule has 8 heteroatoms. The SMILES string of the molecule is COc1cccc(-c2c3n(c(=O)n(C(N)Cc4ccccc4)c2=O)C(c2ccccc2)CO3)c1F. The minimum Gasteiger partial charge on any atom is -0.494 e. The van der Waals surface area contributed by atoms with Crippen molar-refractivity contribution in [3.8, 4) is 22.8 Å². The Morgan fingerprint density at radius 1 is 1.03 bits per heavy atom. The fourth-order valence-corrected chi connectivity index (χ4v) is 4.52. The Morgan fingerprint density at radius 3 is 2.40 bits per heavy atom. The third kappa shape index (κ3) is 3.91. The highest BCUT2D eigenvalue weighted by molar-refractivity contribution is 5.70. The largest absolute Gasteiger partial charge is 0.494 e. The van der Waals surface area contributed by atoms with Crippen LogP contribution in [0.4, 0.5) is 4.39 Å². The molecule has 0 radical (unpaired) electrons. The normalized spacial score (nSPS) is 15.3. The van der Waals surface area contributed by atoms with Crippen LogP contribution in [0.2, 0.25) is 0 Å². The van der Waals surface area contributed by atoms with Crippen LogP contribution in [0.25, 0.3) is 11.1 Å². The van der Waals surface area contributed by atoms with Gasteiger partial charge in [0.25, 0.3) is 5.56 Å². The highest BCUT2D eigenvalue weighted by Gasteiger charge is 2.35. The van der Waals surface area contributed by atoms with Crippen LogP contribution < -0.4 is 26.5 Å². The van der Waals surface area contributed by atoms with E-state index in [-0.39, 0.29) is 35.8 Å². The lowest BCUT2D eigenvalue weighted by atomic mass is 10.1. The zero-order valence-electron chi connectivity index (χ0n) is 19.1. The summed E-state index contributed by atoms with van der Waals surface area (Å²) in [5.74, 6) is -0.725. The van der Waals surface area contributed by atoms with Crippen molar-refractivity contribution in [1.82, 2.24) is 9.13 Å². The van der Waals surface area contributed by atoms with Crippen molar-refractivity contribution in [2.75, 3.05) is 13.7 Å². The van der Waals surface area contributed by atoms with Crippen molar-refractivity contribution in [2.24, 2.45) is 5.73 Å². The second-order valence-corrected chi connectivity index (χ2v) is 8.32. The number of hydrogen-bond acceptors (Lipinski definition) is 5. The molecule has 178 valence electrons. The number of halogens is 1. The number of nitrogens with zero attached hydrogens (tertiary/aromatic N) is 2. The predicted octanol–water partition coefficient (Wildman–Crippen LogP) is 3.51. The molecule has 0 amide bonds. The lowest BCUT2D eigenvalue weighted by molar-refractivity contribution is 0.343. The van der Waals surface area contributed by atoms with Gasteiger partial charge in [0.1, 0.15) is 18.2 Å². The van der Waals surface area contributed by atoms with Gasteiger partial charge < -0.3 is 15.2 Å². The molecular formula is C27H24FN3O4. The summed E-state index contributed by atoms with van der Waals surface area (Å²) in [4.78, 5) is 27.5. The number of fused-ring (bicyclic) bond motifs is 1. The van der Waals surface area contributed by atoms with Crippen LogP contribution in [0.1, 0.15) is 23.3 Å². The Labute approximate surface area is 200 Å². The summed E-state index contributed by atoms with van der Waals surface area (Å²) in [6.45, 7) is 0.120. The Morgan fingerprint density at radius 2 is 1.71 bits per heavy atom. The van der Waals surface area contributed by atoms with Crippen molar-refractivity contribution < 1.29 is 13.9 Å². The third-order valence-electron chi connectivity index (χ3n) is 6.22. The molecular weight excluding hydrogens is 449 g/mol. The van der Waals surface area contributed by atoms with Gasteiger partial charge in [0.15, 0.2) is 11.6 Å². The van der Waals surface area contributed by atoms with E-state index in [4.69, 9.17) is 15.2 Å². The molecule has 35 heavy (non-hydrogen) atoms. The van der Waals surface area contributed by atoms with Gasteiger partial charge in [-0.25, -0.2) is 13.8 Å². The van der Waals surface area contributed by atoms with Gasteiger partial charge in [0, 0.05) is 12.0 Å². The molecule has 2 unspecified atom stereocenters. The van der Waals surface area contributed by atoms with Gasteiger partial charge in [-0.05, 0) is 17.2 Å². The molecule has 0 spiro atoms. The van der Waals surface area contributed by atoms with Gasteiger partial charge in [0.2, 0.25) is 5.88 Å². The quantitative estimate of drug-likeness (QED) is 0.463. The molecule has 0 fully saturated rings. The molecule has 3 aromatic carbocycles. The second kappa shape index (κ2) is 9.23.